The summed E-state index contributed by atoms with van der Waals surface area (Å²) in [6, 6.07) is 2.53. The molecule has 1 fully saturated rings. The minimum atomic E-state index is -0.130. The Morgan fingerprint density at radius 1 is 1.25 bits per heavy atom. The molecule has 1 aliphatic rings. The van der Waals surface area contributed by atoms with Crippen LogP contribution in [0.2, 0.25) is 0 Å². The lowest BCUT2D eigenvalue weighted by Crippen LogP contribution is -2.28. The van der Waals surface area contributed by atoms with Gasteiger partial charge in [-0.2, -0.15) is 4.98 Å². The average Bonchev–Trinajstić information content (AvgIpc) is 2.81. The van der Waals surface area contributed by atoms with E-state index in [0.29, 0.717) is 12.0 Å². The lowest BCUT2D eigenvalue weighted by molar-refractivity contribution is 0.126. The van der Waals surface area contributed by atoms with Gasteiger partial charge in [0.15, 0.2) is 0 Å². The summed E-state index contributed by atoms with van der Waals surface area (Å²) in [5.74, 6) is 1.56. The Kier molecular flexibility index (Phi) is 3.76. The zero-order valence-corrected chi connectivity index (χ0v) is 12.6. The first-order valence-electron chi connectivity index (χ1n) is 7.06. The minimum Gasteiger partial charge on any atom is -0.393 e. The van der Waals surface area contributed by atoms with Crippen LogP contribution in [0.1, 0.15) is 30.6 Å². The van der Waals surface area contributed by atoms with E-state index in [0.717, 1.165) is 41.7 Å². The van der Waals surface area contributed by atoms with E-state index in [4.69, 9.17) is 0 Å². The Hall–Kier alpha value is -1.40. The zero-order chi connectivity index (χ0) is 14.1. The Labute approximate surface area is 122 Å². The molecule has 2 aromatic rings. The second kappa shape index (κ2) is 5.54. The number of nitrogens with one attached hydrogen (secondary N) is 2. The summed E-state index contributed by atoms with van der Waals surface area (Å²) >= 11 is 1.69. The summed E-state index contributed by atoms with van der Waals surface area (Å²) in [4.78, 5) is 11.3. The number of aryl methyl sites for hydroxylation is 1. The molecule has 0 spiro atoms. The van der Waals surface area contributed by atoms with Gasteiger partial charge in [-0.05, 0) is 38.7 Å². The third-order valence-electron chi connectivity index (χ3n) is 3.78. The van der Waals surface area contributed by atoms with Crippen LogP contribution in [0.15, 0.2) is 6.07 Å². The maximum atomic E-state index is 9.59. The normalized spacial score (nSPS) is 22.9. The zero-order valence-electron chi connectivity index (χ0n) is 11.8. The molecule has 20 heavy (non-hydrogen) atoms. The summed E-state index contributed by atoms with van der Waals surface area (Å²) in [6.07, 6.45) is 3.59. The van der Waals surface area contributed by atoms with Gasteiger partial charge < -0.3 is 15.7 Å². The van der Waals surface area contributed by atoms with Crippen molar-refractivity contribution >= 4 is 33.3 Å². The molecule has 0 aliphatic heterocycles. The van der Waals surface area contributed by atoms with Crippen molar-refractivity contribution < 1.29 is 5.11 Å². The second-order valence-electron chi connectivity index (χ2n) is 5.37. The second-order valence-corrected chi connectivity index (χ2v) is 6.61. The fourth-order valence-electron chi connectivity index (χ4n) is 2.68. The highest BCUT2D eigenvalue weighted by atomic mass is 32.1. The Bertz CT molecular complexity index is 604. The molecule has 3 rings (SSSR count). The largest absolute Gasteiger partial charge is 0.393 e. The van der Waals surface area contributed by atoms with Gasteiger partial charge in [-0.1, -0.05) is 0 Å². The molecule has 0 aromatic carbocycles. The monoisotopic (exact) mass is 292 g/mol. The molecule has 2 aromatic heterocycles. The molecule has 5 nitrogen and oxygen atoms in total. The van der Waals surface area contributed by atoms with Gasteiger partial charge in [0.25, 0.3) is 0 Å². The van der Waals surface area contributed by atoms with Crippen molar-refractivity contribution in [3.05, 3.63) is 10.9 Å². The maximum absolute atomic E-state index is 9.59. The van der Waals surface area contributed by atoms with Crippen molar-refractivity contribution in [2.75, 3.05) is 17.7 Å². The van der Waals surface area contributed by atoms with Crippen LogP contribution >= 0.6 is 11.3 Å². The van der Waals surface area contributed by atoms with E-state index >= 15 is 0 Å². The molecular formula is C14H20N4OS. The number of hydrogen-bond acceptors (Lipinski definition) is 6. The lowest BCUT2D eigenvalue weighted by Gasteiger charge is -2.26. The van der Waals surface area contributed by atoms with Crippen molar-refractivity contribution in [1.82, 2.24) is 9.97 Å². The number of fused-ring (bicyclic) bond motifs is 1. The van der Waals surface area contributed by atoms with Gasteiger partial charge in [-0.15, -0.1) is 11.3 Å². The van der Waals surface area contributed by atoms with Gasteiger partial charge in [0, 0.05) is 18.0 Å². The Morgan fingerprint density at radius 3 is 2.70 bits per heavy atom. The molecule has 0 radical (unpaired) electrons. The molecule has 1 aliphatic carbocycles. The fraction of sp³-hybridized carbons (Fsp3) is 0.571. The number of aliphatic hydroxyl groups is 1. The van der Waals surface area contributed by atoms with E-state index in [1.807, 2.05) is 7.05 Å². The topological polar surface area (TPSA) is 70.1 Å². The third kappa shape index (κ3) is 2.71. The summed E-state index contributed by atoms with van der Waals surface area (Å²) in [7, 11) is 1.84. The fourth-order valence-corrected chi connectivity index (χ4v) is 3.56. The van der Waals surface area contributed by atoms with Crippen LogP contribution in [-0.2, 0) is 0 Å². The van der Waals surface area contributed by atoms with Gasteiger partial charge in [0.2, 0.25) is 5.95 Å². The smallest absolute Gasteiger partial charge is 0.225 e. The molecule has 3 N–H and O–H groups in total. The summed E-state index contributed by atoms with van der Waals surface area (Å²) < 4.78 is 0. The maximum Gasteiger partial charge on any atom is 0.225 e. The van der Waals surface area contributed by atoms with Crippen molar-refractivity contribution in [2.45, 2.75) is 44.8 Å². The third-order valence-corrected chi connectivity index (χ3v) is 4.72. The highest BCUT2D eigenvalue weighted by Crippen LogP contribution is 2.31. The molecule has 1 saturated carbocycles. The molecule has 0 atom stereocenters. The van der Waals surface area contributed by atoms with Crippen LogP contribution in [0.5, 0.6) is 0 Å². The minimum absolute atomic E-state index is 0.130. The highest BCUT2D eigenvalue weighted by Gasteiger charge is 2.21. The van der Waals surface area contributed by atoms with E-state index in [9.17, 15) is 5.11 Å². The molecular weight excluding hydrogens is 272 g/mol. The molecule has 2 heterocycles. The standard InChI is InChI=1S/C14H20N4OS/c1-8-7-11-12(16-9-3-5-10(19)6-4-9)17-14(15-2)18-13(11)20-8/h7,9-10,19H,3-6H2,1-2H3,(H2,15,16,17,18). The number of aliphatic hydroxyl groups excluding tert-OH is 1. The van der Waals surface area contributed by atoms with Crippen LogP contribution in [0.25, 0.3) is 10.2 Å². The SMILES string of the molecule is CNc1nc(NC2CCC(O)CC2)c2cc(C)sc2n1. The quantitative estimate of drug-likeness (QED) is 0.811. The van der Waals surface area contributed by atoms with Gasteiger partial charge in [-0.3, -0.25) is 0 Å². The van der Waals surface area contributed by atoms with E-state index < -0.39 is 0 Å². The average molecular weight is 292 g/mol. The molecule has 0 unspecified atom stereocenters. The van der Waals surface area contributed by atoms with Crippen LogP contribution in [0.3, 0.4) is 0 Å². The highest BCUT2D eigenvalue weighted by molar-refractivity contribution is 7.18. The van der Waals surface area contributed by atoms with E-state index in [-0.39, 0.29) is 6.10 Å². The van der Waals surface area contributed by atoms with Crippen molar-refractivity contribution in [3.63, 3.8) is 0 Å². The number of nitrogens with zero attached hydrogens (tertiary/aromatic N) is 2. The van der Waals surface area contributed by atoms with Crippen LogP contribution in [-0.4, -0.2) is 34.3 Å². The first-order chi connectivity index (χ1) is 9.65. The summed E-state index contributed by atoms with van der Waals surface area (Å²) in [6.45, 7) is 2.09. The van der Waals surface area contributed by atoms with Crippen molar-refractivity contribution in [1.29, 1.82) is 0 Å². The van der Waals surface area contributed by atoms with Crippen LogP contribution in [0.4, 0.5) is 11.8 Å². The molecule has 0 saturated heterocycles. The number of thiophene rings is 1. The van der Waals surface area contributed by atoms with Crippen molar-refractivity contribution in [2.24, 2.45) is 0 Å². The Morgan fingerprint density at radius 2 is 2.00 bits per heavy atom. The van der Waals surface area contributed by atoms with Gasteiger partial charge in [0.05, 0.1) is 11.5 Å². The number of hydrogen-bond donors (Lipinski definition) is 3. The summed E-state index contributed by atoms with van der Waals surface area (Å²) in [5, 5.41) is 17.2. The first kappa shape index (κ1) is 13.6. The van der Waals surface area contributed by atoms with Crippen molar-refractivity contribution in [3.8, 4) is 0 Å². The Balaban J connectivity index is 1.89. The van der Waals surface area contributed by atoms with E-state index in [1.54, 1.807) is 11.3 Å². The predicted molar refractivity (Wildman–Crippen MR) is 83.6 cm³/mol. The number of rotatable bonds is 3. The van der Waals surface area contributed by atoms with E-state index in [2.05, 4.69) is 33.6 Å². The first-order valence-corrected chi connectivity index (χ1v) is 7.88. The molecule has 108 valence electrons. The van der Waals surface area contributed by atoms with E-state index in [1.165, 1.54) is 4.88 Å². The summed E-state index contributed by atoms with van der Waals surface area (Å²) in [5.41, 5.74) is 0. The lowest BCUT2D eigenvalue weighted by atomic mass is 9.93. The van der Waals surface area contributed by atoms with Gasteiger partial charge in [-0.25, -0.2) is 4.98 Å². The predicted octanol–water partition coefficient (Wildman–Crippen LogP) is 2.76. The number of anilines is 2. The van der Waals surface area contributed by atoms with Gasteiger partial charge in [0.1, 0.15) is 10.6 Å². The van der Waals surface area contributed by atoms with Gasteiger partial charge >= 0.3 is 0 Å². The molecule has 0 amide bonds. The number of aromatic nitrogens is 2. The van der Waals surface area contributed by atoms with Crippen LogP contribution in [0, 0.1) is 6.92 Å². The molecule has 6 heteroatoms. The van der Waals surface area contributed by atoms with Crippen LogP contribution < -0.4 is 10.6 Å². The molecule has 0 bridgehead atoms.